The van der Waals surface area contributed by atoms with Crippen LogP contribution in [0.15, 0.2) is 28.9 Å². The zero-order valence-electron chi connectivity index (χ0n) is 22.3. The number of imidazole rings is 1. The lowest BCUT2D eigenvalue weighted by atomic mass is 9.86. The molecule has 1 unspecified atom stereocenters. The first kappa shape index (κ1) is 26.6. The van der Waals surface area contributed by atoms with E-state index in [1.54, 1.807) is 22.4 Å². The monoisotopic (exact) mass is 542 g/mol. The Morgan fingerprint density at radius 2 is 1.87 bits per heavy atom. The highest BCUT2D eigenvalue weighted by Gasteiger charge is 2.36. The van der Waals surface area contributed by atoms with Crippen LogP contribution in [0.3, 0.4) is 0 Å². The maximum Gasteiger partial charge on any atom is 0.272 e. The van der Waals surface area contributed by atoms with Crippen LogP contribution in [0.25, 0.3) is 11.4 Å². The molecule has 0 bridgehead atoms. The van der Waals surface area contributed by atoms with E-state index < -0.39 is 34.8 Å². The molecule has 1 amide bonds. The highest BCUT2D eigenvalue weighted by Crippen LogP contribution is 2.34. The number of aryl methyl sites for hydroxylation is 2. The third kappa shape index (κ3) is 5.31. The van der Waals surface area contributed by atoms with Crippen molar-refractivity contribution in [1.82, 2.24) is 39.7 Å². The fourth-order valence-corrected chi connectivity index (χ4v) is 4.72. The minimum absolute atomic E-state index is 0.0496. The number of halogens is 3. The van der Waals surface area contributed by atoms with Crippen LogP contribution >= 0.6 is 0 Å². The molecule has 0 fully saturated rings. The second-order valence-electron chi connectivity index (χ2n) is 10.8. The third-order valence-electron chi connectivity index (χ3n) is 6.65. The Morgan fingerprint density at radius 1 is 1.13 bits per heavy atom. The number of benzene rings is 1. The van der Waals surface area contributed by atoms with Crippen molar-refractivity contribution in [2.75, 3.05) is 6.54 Å². The number of aromatic nitrogens is 6. The molecule has 1 aromatic carbocycles. The Kier molecular flexibility index (Phi) is 6.79. The molecule has 1 atom stereocenters. The van der Waals surface area contributed by atoms with Crippen molar-refractivity contribution >= 4 is 5.91 Å². The van der Waals surface area contributed by atoms with Gasteiger partial charge in [0.1, 0.15) is 17.7 Å². The van der Waals surface area contributed by atoms with Gasteiger partial charge < -0.3 is 14.3 Å². The molecule has 1 N–H and O–H groups in total. The number of hydrogen-bond acceptors (Lipinski definition) is 7. The summed E-state index contributed by atoms with van der Waals surface area (Å²) in [4.78, 5) is 20.3. The molecule has 1 aliphatic rings. The van der Waals surface area contributed by atoms with Gasteiger partial charge in [-0.15, -0.1) is 10.2 Å². The van der Waals surface area contributed by atoms with Crippen molar-refractivity contribution < 1.29 is 22.4 Å². The van der Waals surface area contributed by atoms with E-state index in [0.29, 0.717) is 43.8 Å². The van der Waals surface area contributed by atoms with E-state index in [-0.39, 0.29) is 23.0 Å². The fourth-order valence-electron chi connectivity index (χ4n) is 4.72. The molecule has 0 spiro atoms. The Labute approximate surface area is 222 Å². The number of nitrogens with one attached hydrogen (secondary N) is 1. The molecule has 39 heavy (non-hydrogen) atoms. The van der Waals surface area contributed by atoms with Crippen molar-refractivity contribution in [3.05, 3.63) is 70.7 Å². The molecule has 206 valence electrons. The van der Waals surface area contributed by atoms with Crippen LogP contribution in [-0.4, -0.2) is 46.9 Å². The number of amides is 1. The highest BCUT2D eigenvalue weighted by molar-refractivity contribution is 5.94. The summed E-state index contributed by atoms with van der Waals surface area (Å²) in [5, 5.41) is 15.1. The number of carbonyl (C=O) groups is 1. The van der Waals surface area contributed by atoms with Gasteiger partial charge in [0.15, 0.2) is 17.3 Å². The molecule has 5 rings (SSSR count). The zero-order chi connectivity index (χ0) is 28.1. The lowest BCUT2D eigenvalue weighted by Crippen LogP contribution is -2.39. The van der Waals surface area contributed by atoms with Crippen LogP contribution < -0.4 is 5.32 Å². The second kappa shape index (κ2) is 9.95. The van der Waals surface area contributed by atoms with Gasteiger partial charge in [0.05, 0.1) is 17.5 Å². The van der Waals surface area contributed by atoms with E-state index >= 15 is 0 Å². The van der Waals surface area contributed by atoms with Gasteiger partial charge in [-0.05, 0) is 11.5 Å². The van der Waals surface area contributed by atoms with Gasteiger partial charge in [0.2, 0.25) is 11.8 Å². The predicted molar refractivity (Wildman–Crippen MR) is 134 cm³/mol. The molecule has 4 heterocycles. The molecule has 3 aromatic heterocycles. The lowest BCUT2D eigenvalue weighted by Gasteiger charge is -2.30. The van der Waals surface area contributed by atoms with E-state index in [1.165, 1.54) is 0 Å². The second-order valence-corrected chi connectivity index (χ2v) is 10.8. The van der Waals surface area contributed by atoms with Gasteiger partial charge >= 0.3 is 0 Å². The van der Waals surface area contributed by atoms with Crippen LogP contribution in [-0.2, 0) is 26.7 Å². The summed E-state index contributed by atoms with van der Waals surface area (Å²) in [5.41, 5.74) is 0.833. The van der Waals surface area contributed by atoms with Gasteiger partial charge in [-0.25, -0.2) is 18.2 Å². The average Bonchev–Trinajstić information content (AvgIpc) is 3.57. The zero-order valence-corrected chi connectivity index (χ0v) is 22.3. The van der Waals surface area contributed by atoms with Crippen LogP contribution in [0.1, 0.15) is 60.3 Å². The first-order valence-electron chi connectivity index (χ1n) is 12.5. The van der Waals surface area contributed by atoms with E-state index in [9.17, 15) is 18.0 Å². The summed E-state index contributed by atoms with van der Waals surface area (Å²) < 4.78 is 51.7. The summed E-state index contributed by atoms with van der Waals surface area (Å²) in [5.74, 6) is -3.36. The fraction of sp³-hybridized carbons (Fsp3) is 0.423. The summed E-state index contributed by atoms with van der Waals surface area (Å²) in [6, 6.07) is 0.599. The van der Waals surface area contributed by atoms with Crippen molar-refractivity contribution in [1.29, 1.82) is 0 Å². The maximum absolute atomic E-state index is 14.8. The third-order valence-corrected chi connectivity index (χ3v) is 6.65. The predicted octanol–water partition coefficient (Wildman–Crippen LogP) is 3.93. The average molecular weight is 543 g/mol. The van der Waals surface area contributed by atoms with Crippen molar-refractivity contribution in [2.45, 2.75) is 53.4 Å². The molecule has 0 saturated carbocycles. The molecular formula is C26H29F3N8O2. The molecular weight excluding hydrogens is 513 g/mol. The first-order chi connectivity index (χ1) is 18.4. The van der Waals surface area contributed by atoms with Crippen molar-refractivity contribution in [3.63, 3.8) is 0 Å². The smallest absolute Gasteiger partial charge is 0.272 e. The standard InChI is InChI=1S/C26H29F3N8O2/c1-14-33-34-25(39-14)22(26(2,3)4)32-24(38)21-20-13-36(12-15-10-30-35(5)11-15)6-7-37(20)23(31-21)16-8-18(28)19(29)9-17(16)27/h8-11,22H,6-7,12-13H2,1-5H3,(H,32,38). The van der Waals surface area contributed by atoms with Gasteiger partial charge in [-0.1, -0.05) is 20.8 Å². The van der Waals surface area contributed by atoms with Crippen LogP contribution in [0.4, 0.5) is 13.2 Å². The normalized spacial score (nSPS) is 14.9. The number of fused-ring (bicyclic) bond motifs is 1. The van der Waals surface area contributed by atoms with Gasteiger partial charge in [0.25, 0.3) is 5.91 Å². The Hall–Kier alpha value is -4.00. The molecule has 4 aromatic rings. The molecule has 1 aliphatic heterocycles. The molecule has 0 radical (unpaired) electrons. The van der Waals surface area contributed by atoms with Gasteiger partial charge in [-0.3, -0.25) is 14.4 Å². The van der Waals surface area contributed by atoms with Crippen LogP contribution in [0, 0.1) is 29.8 Å². The number of rotatable bonds is 6. The largest absolute Gasteiger partial charge is 0.423 e. The summed E-state index contributed by atoms with van der Waals surface area (Å²) >= 11 is 0. The van der Waals surface area contributed by atoms with E-state index in [4.69, 9.17) is 4.42 Å². The number of carbonyl (C=O) groups excluding carboxylic acids is 1. The Morgan fingerprint density at radius 3 is 2.51 bits per heavy atom. The highest BCUT2D eigenvalue weighted by atomic mass is 19.2. The van der Waals surface area contributed by atoms with E-state index in [1.807, 2.05) is 34.0 Å². The number of nitrogens with zero attached hydrogens (tertiary/aromatic N) is 7. The van der Waals surface area contributed by atoms with E-state index in [0.717, 1.165) is 11.6 Å². The summed E-state index contributed by atoms with van der Waals surface area (Å²) in [6.45, 7) is 9.20. The Bertz CT molecular complexity index is 1530. The first-order valence-corrected chi connectivity index (χ1v) is 12.5. The van der Waals surface area contributed by atoms with Crippen LogP contribution in [0.2, 0.25) is 0 Å². The topological polar surface area (TPSA) is 107 Å². The molecule has 10 nitrogen and oxygen atoms in total. The Balaban J connectivity index is 1.55. The van der Waals surface area contributed by atoms with Crippen LogP contribution in [0.5, 0.6) is 0 Å². The van der Waals surface area contributed by atoms with Gasteiger partial charge in [-0.2, -0.15) is 5.10 Å². The molecule has 0 aliphatic carbocycles. The maximum atomic E-state index is 14.8. The SMILES string of the molecule is Cc1nnc(C(NC(=O)c2nc(-c3cc(F)c(F)cc3F)n3c2CN(Cc2cnn(C)c2)CC3)C(C)(C)C)o1. The minimum atomic E-state index is -1.30. The molecule has 13 heteroatoms. The summed E-state index contributed by atoms with van der Waals surface area (Å²) in [6.07, 6.45) is 3.67. The lowest BCUT2D eigenvalue weighted by molar-refractivity contribution is 0.0876. The quantitative estimate of drug-likeness (QED) is 0.368. The van der Waals surface area contributed by atoms with Gasteiger partial charge in [0, 0.05) is 58.0 Å². The van der Waals surface area contributed by atoms with Crippen molar-refractivity contribution in [2.24, 2.45) is 12.5 Å². The molecule has 0 saturated heterocycles. The van der Waals surface area contributed by atoms with E-state index in [2.05, 4.69) is 30.5 Å². The number of hydrogen-bond donors (Lipinski definition) is 1. The summed E-state index contributed by atoms with van der Waals surface area (Å²) in [7, 11) is 1.83. The van der Waals surface area contributed by atoms with Crippen molar-refractivity contribution in [3.8, 4) is 11.4 Å². The minimum Gasteiger partial charge on any atom is -0.423 e.